The minimum Gasteiger partial charge on any atom is -0.316 e. The number of benzene rings is 1. The molecule has 0 saturated carbocycles. The van der Waals surface area contributed by atoms with E-state index in [9.17, 15) is 0 Å². The molecule has 18 heavy (non-hydrogen) atoms. The molecule has 0 amide bonds. The Morgan fingerprint density at radius 1 is 1.33 bits per heavy atom. The van der Waals surface area contributed by atoms with Gasteiger partial charge in [-0.15, -0.1) is 0 Å². The van der Waals surface area contributed by atoms with E-state index in [-0.39, 0.29) is 0 Å². The van der Waals surface area contributed by atoms with E-state index in [0.717, 1.165) is 5.92 Å². The molecule has 2 aliphatic rings. The normalized spacial score (nSPS) is 24.2. The maximum atomic E-state index is 3.51. The summed E-state index contributed by atoms with van der Waals surface area (Å²) >= 11 is 0. The second-order valence-electron chi connectivity index (χ2n) is 5.82. The SMILES string of the molecule is CNC(CC1CCNC1)c1ccc2c(c1)CCC2. The Bertz CT molecular complexity index is 408. The first-order valence-corrected chi connectivity index (χ1v) is 7.36. The van der Waals surface area contributed by atoms with Gasteiger partial charge in [0.2, 0.25) is 0 Å². The third kappa shape index (κ3) is 2.45. The van der Waals surface area contributed by atoms with Gasteiger partial charge in [-0.05, 0) is 74.8 Å². The molecule has 1 heterocycles. The zero-order chi connectivity index (χ0) is 12.4. The van der Waals surface area contributed by atoms with Crippen molar-refractivity contribution < 1.29 is 0 Å². The van der Waals surface area contributed by atoms with Gasteiger partial charge >= 0.3 is 0 Å². The molecule has 1 aromatic carbocycles. The maximum absolute atomic E-state index is 3.51. The lowest BCUT2D eigenvalue weighted by atomic mass is 9.92. The molecule has 0 radical (unpaired) electrons. The summed E-state index contributed by atoms with van der Waals surface area (Å²) < 4.78 is 0. The lowest BCUT2D eigenvalue weighted by Crippen LogP contribution is -2.21. The number of rotatable bonds is 4. The van der Waals surface area contributed by atoms with Crippen LogP contribution in [0.4, 0.5) is 0 Å². The summed E-state index contributed by atoms with van der Waals surface area (Å²) in [6.45, 7) is 2.40. The van der Waals surface area contributed by atoms with E-state index < -0.39 is 0 Å². The highest BCUT2D eigenvalue weighted by Crippen LogP contribution is 2.29. The van der Waals surface area contributed by atoms with Gasteiger partial charge in [0, 0.05) is 6.04 Å². The maximum Gasteiger partial charge on any atom is 0.0320 e. The van der Waals surface area contributed by atoms with Gasteiger partial charge in [-0.25, -0.2) is 0 Å². The molecule has 1 aliphatic carbocycles. The summed E-state index contributed by atoms with van der Waals surface area (Å²) in [7, 11) is 2.10. The molecular weight excluding hydrogens is 220 g/mol. The molecule has 2 unspecified atom stereocenters. The van der Waals surface area contributed by atoms with Gasteiger partial charge in [-0.2, -0.15) is 0 Å². The highest BCUT2D eigenvalue weighted by atomic mass is 14.9. The van der Waals surface area contributed by atoms with Gasteiger partial charge in [-0.1, -0.05) is 18.2 Å². The molecule has 0 aromatic heterocycles. The van der Waals surface area contributed by atoms with Crippen LogP contribution in [0.1, 0.15) is 42.0 Å². The van der Waals surface area contributed by atoms with Crippen LogP contribution in [-0.2, 0) is 12.8 Å². The predicted octanol–water partition coefficient (Wildman–Crippen LogP) is 2.44. The summed E-state index contributed by atoms with van der Waals surface area (Å²) in [5.41, 5.74) is 4.67. The van der Waals surface area contributed by atoms with E-state index in [2.05, 4.69) is 35.9 Å². The molecule has 2 N–H and O–H groups in total. The molecule has 3 rings (SSSR count). The molecule has 0 spiro atoms. The average molecular weight is 244 g/mol. The first-order chi connectivity index (χ1) is 8.86. The van der Waals surface area contributed by atoms with Crippen molar-refractivity contribution in [1.82, 2.24) is 10.6 Å². The summed E-state index contributed by atoms with van der Waals surface area (Å²) in [6.07, 6.45) is 6.51. The molecule has 1 saturated heterocycles. The average Bonchev–Trinajstić information content (AvgIpc) is 3.06. The molecular formula is C16H24N2. The zero-order valence-electron chi connectivity index (χ0n) is 11.3. The van der Waals surface area contributed by atoms with E-state index in [1.165, 1.54) is 50.8 Å². The van der Waals surface area contributed by atoms with E-state index >= 15 is 0 Å². The van der Waals surface area contributed by atoms with Crippen LogP contribution >= 0.6 is 0 Å². The van der Waals surface area contributed by atoms with E-state index in [1.807, 2.05) is 0 Å². The van der Waals surface area contributed by atoms with Crippen molar-refractivity contribution in [3.63, 3.8) is 0 Å². The lowest BCUT2D eigenvalue weighted by Gasteiger charge is -2.21. The number of hydrogen-bond acceptors (Lipinski definition) is 2. The summed E-state index contributed by atoms with van der Waals surface area (Å²) in [5, 5.41) is 6.98. The van der Waals surface area contributed by atoms with Gasteiger partial charge in [0.25, 0.3) is 0 Å². The molecule has 1 aliphatic heterocycles. The van der Waals surface area contributed by atoms with Crippen molar-refractivity contribution in [3.05, 3.63) is 34.9 Å². The molecule has 1 aromatic rings. The van der Waals surface area contributed by atoms with Crippen molar-refractivity contribution in [1.29, 1.82) is 0 Å². The smallest absolute Gasteiger partial charge is 0.0320 e. The van der Waals surface area contributed by atoms with Gasteiger partial charge in [0.1, 0.15) is 0 Å². The second kappa shape index (κ2) is 5.41. The van der Waals surface area contributed by atoms with E-state index in [0.29, 0.717) is 6.04 Å². The molecule has 1 fully saturated rings. The van der Waals surface area contributed by atoms with Crippen molar-refractivity contribution in [3.8, 4) is 0 Å². The van der Waals surface area contributed by atoms with Crippen LogP contribution in [0.25, 0.3) is 0 Å². The topological polar surface area (TPSA) is 24.1 Å². The Morgan fingerprint density at radius 2 is 2.22 bits per heavy atom. The fraction of sp³-hybridized carbons (Fsp3) is 0.625. The van der Waals surface area contributed by atoms with Crippen LogP contribution < -0.4 is 10.6 Å². The largest absolute Gasteiger partial charge is 0.316 e. The zero-order valence-corrected chi connectivity index (χ0v) is 11.3. The number of aryl methyl sites for hydroxylation is 2. The summed E-state index contributed by atoms with van der Waals surface area (Å²) in [4.78, 5) is 0. The highest BCUT2D eigenvalue weighted by molar-refractivity contribution is 5.36. The molecule has 98 valence electrons. The van der Waals surface area contributed by atoms with Gasteiger partial charge in [-0.3, -0.25) is 0 Å². The fourth-order valence-electron chi connectivity index (χ4n) is 3.48. The Kier molecular flexibility index (Phi) is 3.67. The van der Waals surface area contributed by atoms with Crippen molar-refractivity contribution in [2.24, 2.45) is 5.92 Å². The van der Waals surface area contributed by atoms with Gasteiger partial charge in [0.15, 0.2) is 0 Å². The Hall–Kier alpha value is -0.860. The highest BCUT2D eigenvalue weighted by Gasteiger charge is 2.21. The van der Waals surface area contributed by atoms with Crippen LogP contribution in [0.2, 0.25) is 0 Å². The van der Waals surface area contributed by atoms with Crippen molar-refractivity contribution in [2.45, 2.75) is 38.1 Å². The Balaban J connectivity index is 1.74. The van der Waals surface area contributed by atoms with Crippen LogP contribution in [-0.4, -0.2) is 20.1 Å². The predicted molar refractivity (Wildman–Crippen MR) is 75.9 cm³/mol. The molecule has 0 bridgehead atoms. The third-order valence-corrected chi connectivity index (χ3v) is 4.60. The second-order valence-corrected chi connectivity index (χ2v) is 5.82. The molecule has 2 nitrogen and oxygen atoms in total. The van der Waals surface area contributed by atoms with Crippen LogP contribution in [0.15, 0.2) is 18.2 Å². The van der Waals surface area contributed by atoms with E-state index in [4.69, 9.17) is 0 Å². The van der Waals surface area contributed by atoms with Gasteiger partial charge in [0.05, 0.1) is 0 Å². The van der Waals surface area contributed by atoms with Crippen LogP contribution in [0.3, 0.4) is 0 Å². The van der Waals surface area contributed by atoms with E-state index in [1.54, 1.807) is 11.1 Å². The monoisotopic (exact) mass is 244 g/mol. The van der Waals surface area contributed by atoms with Gasteiger partial charge < -0.3 is 10.6 Å². The summed E-state index contributed by atoms with van der Waals surface area (Å²) in [5.74, 6) is 0.843. The Labute approximate surface area is 110 Å². The minimum absolute atomic E-state index is 0.529. The lowest BCUT2D eigenvalue weighted by molar-refractivity contribution is 0.430. The van der Waals surface area contributed by atoms with Crippen LogP contribution in [0.5, 0.6) is 0 Å². The number of fused-ring (bicyclic) bond motifs is 1. The third-order valence-electron chi connectivity index (χ3n) is 4.60. The molecule has 2 atom stereocenters. The fourth-order valence-corrected chi connectivity index (χ4v) is 3.48. The first kappa shape index (κ1) is 12.2. The van der Waals surface area contributed by atoms with Crippen molar-refractivity contribution in [2.75, 3.05) is 20.1 Å². The molecule has 2 heteroatoms. The summed E-state index contributed by atoms with van der Waals surface area (Å²) in [6, 6.07) is 7.68. The standard InChI is InChI=1S/C16H24N2/c1-17-16(9-12-7-8-18-11-12)15-6-5-13-3-2-4-14(13)10-15/h5-6,10,12,16-18H,2-4,7-9,11H2,1H3. The first-order valence-electron chi connectivity index (χ1n) is 7.36. The Morgan fingerprint density at radius 3 is 3.00 bits per heavy atom. The van der Waals surface area contributed by atoms with Crippen LogP contribution in [0, 0.1) is 5.92 Å². The minimum atomic E-state index is 0.529. The number of nitrogens with one attached hydrogen (secondary N) is 2. The number of hydrogen-bond donors (Lipinski definition) is 2. The quantitative estimate of drug-likeness (QED) is 0.850. The van der Waals surface area contributed by atoms with Crippen molar-refractivity contribution >= 4 is 0 Å².